The molecule has 2 heteroatoms. The molecule has 1 aliphatic heterocycles. The van der Waals surface area contributed by atoms with Gasteiger partial charge < -0.3 is 0 Å². The summed E-state index contributed by atoms with van der Waals surface area (Å²) in [5, 5.41) is 0. The first-order valence-electron chi connectivity index (χ1n) is 6.43. The maximum atomic E-state index is 3.33. The molecule has 0 saturated heterocycles. The lowest BCUT2D eigenvalue weighted by Crippen LogP contribution is -1.94. The third-order valence-corrected chi connectivity index (χ3v) is 3.82. The van der Waals surface area contributed by atoms with Gasteiger partial charge >= 0.3 is 0 Å². The monoisotopic (exact) mass is 257 g/mol. The number of hydrogen-bond acceptors (Lipinski definition) is 2. The molecule has 0 saturated carbocycles. The van der Waals surface area contributed by atoms with Crippen molar-refractivity contribution in [1.82, 2.24) is 4.72 Å². The minimum Gasteiger partial charge on any atom is -0.255 e. The van der Waals surface area contributed by atoms with Gasteiger partial charge in [0, 0.05) is 11.4 Å². The smallest absolute Gasteiger partial charge is 0.0331 e. The molecule has 3 rings (SSSR count). The van der Waals surface area contributed by atoms with Crippen LogP contribution in [0.4, 0.5) is 0 Å². The fourth-order valence-electron chi connectivity index (χ4n) is 2.03. The van der Waals surface area contributed by atoms with E-state index in [0.717, 1.165) is 6.54 Å². The van der Waals surface area contributed by atoms with Crippen LogP contribution in [0.2, 0.25) is 0 Å². The molecule has 94 valence electrons. The average Bonchev–Trinajstić information content (AvgIpc) is 2.90. The van der Waals surface area contributed by atoms with E-state index >= 15 is 0 Å². The number of benzene rings is 2. The van der Waals surface area contributed by atoms with Crippen molar-refractivity contribution in [1.29, 1.82) is 0 Å². The zero-order valence-electron chi connectivity index (χ0n) is 11.2. The number of nitrogens with one attached hydrogen (secondary N) is 1. The summed E-state index contributed by atoms with van der Waals surface area (Å²) in [6, 6.07) is 15.3. The minimum atomic E-state index is 0.962. The lowest BCUT2D eigenvalue weighted by Gasteiger charge is -2.07. The fourth-order valence-corrected chi connectivity index (χ4v) is 2.86. The second-order valence-electron chi connectivity index (χ2n) is 4.07. The van der Waals surface area contributed by atoms with Gasteiger partial charge in [0.25, 0.3) is 0 Å². The van der Waals surface area contributed by atoms with Crippen molar-refractivity contribution in [2.24, 2.45) is 0 Å². The first-order valence-corrected chi connectivity index (χ1v) is 7.25. The Kier molecular flexibility index (Phi) is 4.45. The predicted molar refractivity (Wildman–Crippen MR) is 80.7 cm³/mol. The Morgan fingerprint density at radius 1 is 1.00 bits per heavy atom. The highest BCUT2D eigenvalue weighted by Crippen LogP contribution is 2.35. The van der Waals surface area contributed by atoms with Crippen LogP contribution in [0.1, 0.15) is 25.0 Å². The first kappa shape index (κ1) is 13.2. The van der Waals surface area contributed by atoms with E-state index in [9.17, 15) is 0 Å². The molecule has 1 aliphatic rings. The van der Waals surface area contributed by atoms with Gasteiger partial charge in [-0.15, -0.1) is 0 Å². The predicted octanol–water partition coefficient (Wildman–Crippen LogP) is 4.80. The van der Waals surface area contributed by atoms with E-state index in [1.54, 1.807) is 11.9 Å². The van der Waals surface area contributed by atoms with E-state index < -0.39 is 0 Å². The van der Waals surface area contributed by atoms with Gasteiger partial charge in [-0.25, -0.2) is 0 Å². The Hall–Kier alpha value is -1.25. The van der Waals surface area contributed by atoms with Crippen LogP contribution in [0.25, 0.3) is 11.1 Å². The number of fused-ring (bicyclic) bond motifs is 1. The molecule has 18 heavy (non-hydrogen) atoms. The van der Waals surface area contributed by atoms with Crippen LogP contribution >= 0.6 is 11.9 Å². The van der Waals surface area contributed by atoms with Crippen molar-refractivity contribution in [2.45, 2.75) is 32.2 Å². The molecule has 0 radical (unpaired) electrons. The highest BCUT2D eigenvalue weighted by atomic mass is 32.2. The van der Waals surface area contributed by atoms with Crippen LogP contribution < -0.4 is 4.72 Å². The summed E-state index contributed by atoms with van der Waals surface area (Å²) in [6.45, 7) is 7.08. The normalized spacial score (nSPS) is 12.6. The molecular weight excluding hydrogens is 238 g/mol. The van der Waals surface area contributed by atoms with Crippen molar-refractivity contribution in [3.8, 4) is 11.1 Å². The number of rotatable bonds is 1. The quantitative estimate of drug-likeness (QED) is 0.737. The van der Waals surface area contributed by atoms with Gasteiger partial charge in [-0.05, 0) is 41.6 Å². The Labute approximate surface area is 114 Å². The van der Waals surface area contributed by atoms with Crippen molar-refractivity contribution in [2.75, 3.05) is 0 Å². The van der Waals surface area contributed by atoms with E-state index in [1.807, 2.05) is 13.8 Å². The average molecular weight is 257 g/mol. The Morgan fingerprint density at radius 2 is 1.72 bits per heavy atom. The summed E-state index contributed by atoms with van der Waals surface area (Å²) >= 11 is 1.73. The summed E-state index contributed by atoms with van der Waals surface area (Å²) < 4.78 is 3.33. The van der Waals surface area contributed by atoms with Crippen molar-refractivity contribution < 1.29 is 0 Å². The van der Waals surface area contributed by atoms with E-state index in [4.69, 9.17) is 0 Å². The summed E-state index contributed by atoms with van der Waals surface area (Å²) in [6.07, 6.45) is 0. The molecule has 2 aromatic carbocycles. The van der Waals surface area contributed by atoms with Gasteiger partial charge in [-0.1, -0.05) is 55.8 Å². The van der Waals surface area contributed by atoms with Gasteiger partial charge in [0.1, 0.15) is 0 Å². The van der Waals surface area contributed by atoms with E-state index in [0.29, 0.717) is 0 Å². The van der Waals surface area contributed by atoms with Gasteiger partial charge in [-0.3, -0.25) is 4.72 Å². The Bertz CT molecular complexity index is 517. The molecule has 0 fully saturated rings. The summed E-state index contributed by atoms with van der Waals surface area (Å²) in [4.78, 5) is 1.36. The first-order chi connectivity index (χ1) is 8.84. The Morgan fingerprint density at radius 3 is 2.44 bits per heavy atom. The molecule has 0 amide bonds. The van der Waals surface area contributed by atoms with E-state index in [1.165, 1.54) is 27.1 Å². The summed E-state index contributed by atoms with van der Waals surface area (Å²) in [5.74, 6) is 0. The minimum absolute atomic E-state index is 0.962. The second-order valence-corrected chi connectivity index (χ2v) is 5.00. The lowest BCUT2D eigenvalue weighted by atomic mass is 9.99. The maximum absolute atomic E-state index is 3.33. The third kappa shape index (κ3) is 2.60. The fraction of sp³-hybridized carbons (Fsp3) is 0.250. The Balaban J connectivity index is 0.000000574. The van der Waals surface area contributed by atoms with Crippen LogP contribution in [0.5, 0.6) is 0 Å². The maximum Gasteiger partial charge on any atom is 0.0331 e. The lowest BCUT2D eigenvalue weighted by molar-refractivity contribution is 0.997. The molecular formula is C16H19NS. The molecule has 0 aliphatic carbocycles. The standard InChI is InChI=1S/C14H13NS.C2H6/c1-10-5-7-11(8-6-10)12-3-2-4-14-13(12)9-15-16-14;1-2/h2-8,15H,9H2,1H3;1-2H3. The zero-order chi connectivity index (χ0) is 13.0. The van der Waals surface area contributed by atoms with Crippen LogP contribution in [-0.4, -0.2) is 0 Å². The molecule has 0 aromatic heterocycles. The van der Waals surface area contributed by atoms with Gasteiger partial charge in [0.2, 0.25) is 0 Å². The molecule has 0 unspecified atom stereocenters. The second kappa shape index (κ2) is 6.07. The number of aryl methyl sites for hydroxylation is 1. The van der Waals surface area contributed by atoms with E-state index in [2.05, 4.69) is 54.1 Å². The van der Waals surface area contributed by atoms with Gasteiger partial charge in [0.05, 0.1) is 0 Å². The van der Waals surface area contributed by atoms with E-state index in [-0.39, 0.29) is 0 Å². The highest BCUT2D eigenvalue weighted by molar-refractivity contribution is 7.97. The van der Waals surface area contributed by atoms with Crippen LogP contribution in [0, 0.1) is 6.92 Å². The highest BCUT2D eigenvalue weighted by Gasteiger charge is 2.15. The third-order valence-electron chi connectivity index (χ3n) is 2.93. The zero-order valence-corrected chi connectivity index (χ0v) is 12.0. The van der Waals surface area contributed by atoms with Crippen LogP contribution in [0.15, 0.2) is 47.4 Å². The summed E-state index contributed by atoms with van der Waals surface area (Å²) in [7, 11) is 0. The molecule has 0 bridgehead atoms. The SMILES string of the molecule is CC.Cc1ccc(-c2cccc3c2CNS3)cc1. The van der Waals surface area contributed by atoms with Crippen molar-refractivity contribution in [3.05, 3.63) is 53.6 Å². The van der Waals surface area contributed by atoms with Crippen LogP contribution in [-0.2, 0) is 6.54 Å². The van der Waals surface area contributed by atoms with Crippen molar-refractivity contribution >= 4 is 11.9 Å². The summed E-state index contributed by atoms with van der Waals surface area (Å²) in [5.41, 5.74) is 5.40. The molecule has 1 N–H and O–H groups in total. The molecule has 2 aromatic rings. The molecule has 1 nitrogen and oxygen atoms in total. The molecule has 0 spiro atoms. The van der Waals surface area contributed by atoms with Gasteiger partial charge in [-0.2, -0.15) is 0 Å². The van der Waals surface area contributed by atoms with Crippen molar-refractivity contribution in [3.63, 3.8) is 0 Å². The van der Waals surface area contributed by atoms with Crippen LogP contribution in [0.3, 0.4) is 0 Å². The van der Waals surface area contributed by atoms with Gasteiger partial charge in [0.15, 0.2) is 0 Å². The number of hydrogen-bond donors (Lipinski definition) is 1. The molecule has 1 heterocycles. The largest absolute Gasteiger partial charge is 0.255 e. The molecule has 0 atom stereocenters. The topological polar surface area (TPSA) is 12.0 Å².